The summed E-state index contributed by atoms with van der Waals surface area (Å²) in [5, 5.41) is 0. The minimum absolute atomic E-state index is 0.0476. The molecule has 1 aliphatic carbocycles. The van der Waals surface area contributed by atoms with Crippen molar-refractivity contribution < 1.29 is 26.4 Å². The fraction of sp³-hybridized carbons (Fsp3) is 0.375. The molecule has 10 heteroatoms. The van der Waals surface area contributed by atoms with Gasteiger partial charge in [-0.15, -0.1) is 0 Å². The first kappa shape index (κ1) is 31.4. The second-order valence-electron chi connectivity index (χ2n) is 12.4. The van der Waals surface area contributed by atoms with Crippen molar-refractivity contribution in [2.75, 3.05) is 9.44 Å². The average Bonchev–Trinajstić information content (AvgIpc) is 2.77. The lowest BCUT2D eigenvalue weighted by atomic mass is 9.69. The first-order chi connectivity index (χ1) is 19.3. The fourth-order valence-electron chi connectivity index (χ4n) is 6.28. The molecule has 0 spiro atoms. The normalized spacial score (nSPS) is 16.0. The van der Waals surface area contributed by atoms with Crippen LogP contribution in [0.3, 0.4) is 0 Å². The monoisotopic (exact) mass is 610 g/mol. The number of carbonyl (C=O) groups excluding carboxylic acids is 2. The van der Waals surface area contributed by atoms with Gasteiger partial charge in [0.1, 0.15) is 17.5 Å². The van der Waals surface area contributed by atoms with Crippen LogP contribution in [0, 0.1) is 47.0 Å². The van der Waals surface area contributed by atoms with Crippen molar-refractivity contribution in [1.82, 2.24) is 0 Å². The highest BCUT2D eigenvalue weighted by Gasteiger charge is 2.42. The molecule has 1 saturated carbocycles. The molecule has 3 aromatic carbocycles. The van der Waals surface area contributed by atoms with Gasteiger partial charge in [0, 0.05) is 18.5 Å². The van der Waals surface area contributed by atoms with Crippen LogP contribution in [0.25, 0.3) is 0 Å². The minimum atomic E-state index is -4.13. The predicted molar refractivity (Wildman–Crippen MR) is 165 cm³/mol. The molecule has 2 N–H and O–H groups in total. The van der Waals surface area contributed by atoms with Crippen molar-refractivity contribution in [3.05, 3.63) is 81.4 Å². The number of carbonyl (C=O) groups is 2. The van der Waals surface area contributed by atoms with Crippen LogP contribution in [0.5, 0.6) is 0 Å². The molecule has 4 rings (SSSR count). The van der Waals surface area contributed by atoms with Crippen LogP contribution in [0.2, 0.25) is 0 Å². The van der Waals surface area contributed by atoms with Gasteiger partial charge in [0.05, 0.1) is 15.5 Å². The summed E-state index contributed by atoms with van der Waals surface area (Å²) in [6.45, 7) is 14.3. The van der Waals surface area contributed by atoms with E-state index in [9.17, 15) is 26.4 Å². The zero-order valence-corrected chi connectivity index (χ0v) is 26.9. The summed E-state index contributed by atoms with van der Waals surface area (Å²) in [7, 11) is -8.18. The molecule has 1 fully saturated rings. The van der Waals surface area contributed by atoms with Crippen molar-refractivity contribution in [2.45, 2.75) is 83.9 Å². The maximum atomic E-state index is 13.7. The molecular weight excluding hydrogens is 572 g/mol. The third kappa shape index (κ3) is 6.29. The van der Waals surface area contributed by atoms with Gasteiger partial charge in [-0.3, -0.25) is 19.0 Å². The van der Waals surface area contributed by atoms with Crippen molar-refractivity contribution in [2.24, 2.45) is 5.41 Å². The van der Waals surface area contributed by atoms with Gasteiger partial charge in [-0.1, -0.05) is 49.2 Å². The maximum absolute atomic E-state index is 13.7. The molecule has 8 nitrogen and oxygen atoms in total. The number of anilines is 2. The van der Waals surface area contributed by atoms with Gasteiger partial charge in [-0.25, -0.2) is 16.8 Å². The Kier molecular flexibility index (Phi) is 8.21. The number of aryl methyl sites for hydroxylation is 6. The van der Waals surface area contributed by atoms with E-state index >= 15 is 0 Å². The molecule has 0 radical (unpaired) electrons. The second kappa shape index (κ2) is 11.0. The van der Waals surface area contributed by atoms with Crippen LogP contribution < -0.4 is 9.44 Å². The van der Waals surface area contributed by atoms with E-state index in [0.717, 1.165) is 11.1 Å². The number of rotatable bonds is 7. The number of nitrogens with one attached hydrogen (secondary N) is 2. The quantitative estimate of drug-likeness (QED) is 0.308. The summed E-state index contributed by atoms with van der Waals surface area (Å²) < 4.78 is 59.5. The Balaban J connectivity index is 1.84. The number of hydrogen-bond donors (Lipinski definition) is 2. The number of Topliss-reactive ketones (excluding diaryl/α,β-unsaturated/α-hetero) is 2. The summed E-state index contributed by atoms with van der Waals surface area (Å²) in [5.74, 6) is -1.92. The van der Waals surface area contributed by atoms with Gasteiger partial charge < -0.3 is 0 Å². The number of benzene rings is 3. The summed E-state index contributed by atoms with van der Waals surface area (Å²) >= 11 is 0. The average molecular weight is 611 g/mol. The van der Waals surface area contributed by atoms with Crippen molar-refractivity contribution in [3.8, 4) is 0 Å². The highest BCUT2D eigenvalue weighted by atomic mass is 32.2. The number of hydrogen-bond acceptors (Lipinski definition) is 6. The van der Waals surface area contributed by atoms with E-state index in [2.05, 4.69) is 9.44 Å². The van der Waals surface area contributed by atoms with Crippen LogP contribution in [-0.2, 0) is 29.6 Å². The SMILES string of the molecule is Cc1cc(C)c(S(=O)(=O)Nc2ccc(NS(=O)(=O)c3c(C)cc(C)cc3C)c(C3C(=O)CC(C)(C)CC3=O)c2)c(C)c1. The molecule has 0 saturated heterocycles. The highest BCUT2D eigenvalue weighted by Crippen LogP contribution is 2.42. The third-order valence-corrected chi connectivity index (χ3v) is 10.9. The number of ketones is 2. The summed E-state index contributed by atoms with van der Waals surface area (Å²) in [6, 6.07) is 11.3. The first-order valence-electron chi connectivity index (χ1n) is 13.7. The zero-order chi connectivity index (χ0) is 31.4. The van der Waals surface area contributed by atoms with E-state index < -0.39 is 31.4 Å². The van der Waals surface area contributed by atoms with E-state index in [4.69, 9.17) is 0 Å². The maximum Gasteiger partial charge on any atom is 0.262 e. The lowest BCUT2D eigenvalue weighted by Crippen LogP contribution is -2.36. The predicted octanol–water partition coefficient (Wildman–Crippen LogP) is 6.18. The Morgan fingerprint density at radius 3 is 1.48 bits per heavy atom. The molecule has 1 aliphatic rings. The Morgan fingerprint density at radius 2 is 1.05 bits per heavy atom. The molecule has 0 unspecified atom stereocenters. The summed E-state index contributed by atoms with van der Waals surface area (Å²) in [5.41, 5.74) is 3.86. The van der Waals surface area contributed by atoms with Gasteiger partial charge in [-0.2, -0.15) is 0 Å². The van der Waals surface area contributed by atoms with Crippen molar-refractivity contribution in [3.63, 3.8) is 0 Å². The standard InChI is InChI=1S/C32H38N2O6S2/c1-18-11-20(3)30(21(4)12-18)41(37,38)33-24-9-10-26(25(15-24)29-27(35)16-32(7,8)17-28(29)36)34-42(39,40)31-22(5)13-19(2)14-23(31)6/h9-15,29,33-34H,16-17H2,1-8H3. The Bertz CT molecular complexity index is 1770. The fourth-order valence-corrected chi connectivity index (χ4v) is 9.33. The third-order valence-electron chi connectivity index (χ3n) is 7.56. The largest absolute Gasteiger partial charge is 0.298 e. The minimum Gasteiger partial charge on any atom is -0.298 e. The molecule has 3 aromatic rings. The van der Waals surface area contributed by atoms with Gasteiger partial charge in [0.25, 0.3) is 20.0 Å². The zero-order valence-electron chi connectivity index (χ0n) is 25.3. The van der Waals surface area contributed by atoms with Gasteiger partial charge in [-0.05, 0) is 93.0 Å². The van der Waals surface area contributed by atoms with Crippen molar-refractivity contribution in [1.29, 1.82) is 0 Å². The van der Waals surface area contributed by atoms with E-state index in [0.29, 0.717) is 22.3 Å². The second-order valence-corrected chi connectivity index (χ2v) is 15.6. The Morgan fingerprint density at radius 1 is 0.643 bits per heavy atom. The Hall–Kier alpha value is -3.50. The van der Waals surface area contributed by atoms with Crippen LogP contribution in [-0.4, -0.2) is 28.4 Å². The molecule has 224 valence electrons. The number of sulfonamides is 2. The van der Waals surface area contributed by atoms with Gasteiger partial charge in [0.2, 0.25) is 0 Å². The summed E-state index contributed by atoms with van der Waals surface area (Å²) in [4.78, 5) is 27.0. The van der Waals surface area contributed by atoms with Crippen LogP contribution >= 0.6 is 0 Å². The molecule has 0 heterocycles. The smallest absolute Gasteiger partial charge is 0.262 e. The van der Waals surface area contributed by atoms with Crippen LogP contribution in [0.1, 0.15) is 71.6 Å². The lowest BCUT2D eigenvalue weighted by Gasteiger charge is -2.33. The van der Waals surface area contributed by atoms with E-state index in [1.54, 1.807) is 52.0 Å². The Labute approximate surface area is 249 Å². The highest BCUT2D eigenvalue weighted by molar-refractivity contribution is 7.93. The summed E-state index contributed by atoms with van der Waals surface area (Å²) in [6.07, 6.45) is 0.257. The van der Waals surface area contributed by atoms with Crippen LogP contribution in [0.15, 0.2) is 52.3 Å². The van der Waals surface area contributed by atoms with Gasteiger partial charge in [0.15, 0.2) is 0 Å². The molecular formula is C32H38N2O6S2. The molecule has 0 aliphatic heterocycles. The van der Waals surface area contributed by atoms with E-state index in [1.807, 2.05) is 27.7 Å². The van der Waals surface area contributed by atoms with E-state index in [1.165, 1.54) is 18.2 Å². The molecule has 0 atom stereocenters. The topological polar surface area (TPSA) is 126 Å². The molecule has 42 heavy (non-hydrogen) atoms. The van der Waals surface area contributed by atoms with E-state index in [-0.39, 0.29) is 51.1 Å². The molecule has 0 aromatic heterocycles. The van der Waals surface area contributed by atoms with Crippen LogP contribution in [0.4, 0.5) is 11.4 Å². The van der Waals surface area contributed by atoms with Crippen molar-refractivity contribution >= 4 is 43.0 Å². The molecule has 0 bridgehead atoms. The van der Waals surface area contributed by atoms with Gasteiger partial charge >= 0.3 is 0 Å². The molecule has 0 amide bonds. The lowest BCUT2D eigenvalue weighted by molar-refractivity contribution is -0.135. The first-order valence-corrected chi connectivity index (χ1v) is 16.7.